The maximum atomic E-state index is 13.7. The number of halogens is 1. The molecule has 6 nitrogen and oxygen atoms in total. The number of aromatic nitrogens is 3. The third-order valence-corrected chi connectivity index (χ3v) is 8.07. The second-order valence-corrected chi connectivity index (χ2v) is 11.0. The van der Waals surface area contributed by atoms with Gasteiger partial charge in [0.25, 0.3) is 0 Å². The van der Waals surface area contributed by atoms with Crippen LogP contribution in [0.3, 0.4) is 0 Å². The van der Waals surface area contributed by atoms with Gasteiger partial charge in [-0.1, -0.05) is 13.8 Å². The van der Waals surface area contributed by atoms with Gasteiger partial charge in [-0.05, 0) is 102 Å². The van der Waals surface area contributed by atoms with Crippen LogP contribution in [0.25, 0.3) is 0 Å². The molecule has 2 aromatic rings. The first-order valence-electron chi connectivity index (χ1n) is 10.9. The highest BCUT2D eigenvalue weighted by Gasteiger charge is 2.61. The molecule has 30 heavy (non-hydrogen) atoms. The van der Waals surface area contributed by atoms with Gasteiger partial charge in [0.15, 0.2) is 0 Å². The maximum absolute atomic E-state index is 13.7. The lowest BCUT2D eigenvalue weighted by atomic mass is 9.46. The summed E-state index contributed by atoms with van der Waals surface area (Å²) in [6.45, 7) is 6.04. The Morgan fingerprint density at radius 1 is 1.27 bits per heavy atom. The highest BCUT2D eigenvalue weighted by atomic mass is 79.9. The average Bonchev–Trinajstić information content (AvgIpc) is 3.10. The number of nitrogens with zero attached hydrogens (tertiary/aromatic N) is 3. The van der Waals surface area contributed by atoms with Gasteiger partial charge < -0.3 is 10.4 Å². The quantitative estimate of drug-likeness (QED) is 0.605. The summed E-state index contributed by atoms with van der Waals surface area (Å²) >= 11 is 3.39. The molecule has 0 radical (unpaired) electrons. The zero-order valence-electron chi connectivity index (χ0n) is 17.8. The molecule has 0 spiro atoms. The van der Waals surface area contributed by atoms with E-state index in [1.54, 1.807) is 6.07 Å². The topological polar surface area (TPSA) is 80.0 Å². The van der Waals surface area contributed by atoms with E-state index < -0.39 is 0 Å². The van der Waals surface area contributed by atoms with Gasteiger partial charge in [-0.25, -0.2) is 9.67 Å². The number of carbonyl (C=O) groups is 1. The highest BCUT2D eigenvalue weighted by Crippen LogP contribution is 2.64. The van der Waals surface area contributed by atoms with Crippen LogP contribution in [0.15, 0.2) is 23.2 Å². The summed E-state index contributed by atoms with van der Waals surface area (Å²) in [4.78, 5) is 18.0. The second-order valence-electron chi connectivity index (χ2n) is 10.3. The Kier molecular flexibility index (Phi) is 4.55. The van der Waals surface area contributed by atoms with Crippen molar-refractivity contribution in [1.29, 1.82) is 0 Å². The molecule has 4 aliphatic rings. The minimum absolute atomic E-state index is 0.104. The van der Waals surface area contributed by atoms with Gasteiger partial charge in [-0.15, -0.1) is 5.10 Å². The molecule has 4 saturated carbocycles. The number of hydrogen-bond acceptors (Lipinski definition) is 4. The van der Waals surface area contributed by atoms with Crippen molar-refractivity contribution in [2.75, 3.05) is 5.32 Å². The minimum atomic E-state index is -0.356. The Hall–Kier alpha value is -1.89. The van der Waals surface area contributed by atoms with Crippen molar-refractivity contribution in [3.63, 3.8) is 0 Å². The summed E-state index contributed by atoms with van der Waals surface area (Å²) < 4.78 is 2.64. The SMILES string of the molecule is Cc1cc(O)c(C(C)C)cc1NC(=O)C12C[C@H]3C[C@H](C1)CC(n1cnc(Br)n1)(C3)C2. The second kappa shape index (κ2) is 6.81. The van der Waals surface area contributed by atoms with Crippen LogP contribution in [0.1, 0.15) is 69.4 Å². The van der Waals surface area contributed by atoms with Crippen LogP contribution in [-0.4, -0.2) is 25.8 Å². The first kappa shape index (κ1) is 20.0. The summed E-state index contributed by atoms with van der Waals surface area (Å²) in [6, 6.07) is 3.71. The first-order chi connectivity index (χ1) is 14.2. The van der Waals surface area contributed by atoms with Gasteiger partial charge >= 0.3 is 0 Å². The lowest BCUT2D eigenvalue weighted by Crippen LogP contribution is -2.60. The normalized spacial score (nSPS) is 32.0. The Morgan fingerprint density at radius 2 is 1.97 bits per heavy atom. The van der Waals surface area contributed by atoms with Gasteiger partial charge in [0.05, 0.1) is 11.0 Å². The van der Waals surface area contributed by atoms with Crippen LogP contribution in [0.5, 0.6) is 5.75 Å². The Bertz CT molecular complexity index is 1000. The molecule has 0 aliphatic heterocycles. The van der Waals surface area contributed by atoms with E-state index in [1.807, 2.05) is 24.0 Å². The van der Waals surface area contributed by atoms with Gasteiger partial charge in [0.1, 0.15) is 12.1 Å². The van der Waals surface area contributed by atoms with E-state index in [4.69, 9.17) is 0 Å². The highest BCUT2D eigenvalue weighted by molar-refractivity contribution is 9.10. The van der Waals surface area contributed by atoms with E-state index in [-0.39, 0.29) is 22.8 Å². The molecule has 7 heteroatoms. The van der Waals surface area contributed by atoms with Gasteiger partial charge in [-0.3, -0.25) is 4.79 Å². The molecule has 2 N–H and O–H groups in total. The molecule has 6 rings (SSSR count). The van der Waals surface area contributed by atoms with Crippen molar-refractivity contribution < 1.29 is 9.90 Å². The summed E-state index contributed by atoms with van der Waals surface area (Å²) in [5.74, 6) is 1.74. The van der Waals surface area contributed by atoms with Gasteiger partial charge in [0.2, 0.25) is 10.6 Å². The smallest absolute Gasteiger partial charge is 0.230 e. The summed E-state index contributed by atoms with van der Waals surface area (Å²) in [7, 11) is 0. The molecule has 2 atom stereocenters. The van der Waals surface area contributed by atoms with Crippen molar-refractivity contribution in [2.45, 2.75) is 70.8 Å². The number of amides is 1. The first-order valence-corrected chi connectivity index (χ1v) is 11.7. The number of aryl methyl sites for hydroxylation is 1. The molecule has 1 aromatic heterocycles. The number of aromatic hydroxyl groups is 1. The van der Waals surface area contributed by atoms with E-state index >= 15 is 0 Å². The Balaban J connectivity index is 1.47. The van der Waals surface area contributed by atoms with Crippen LogP contribution in [-0.2, 0) is 10.3 Å². The number of anilines is 1. The molecule has 160 valence electrons. The van der Waals surface area contributed by atoms with E-state index in [0.29, 0.717) is 22.3 Å². The van der Waals surface area contributed by atoms with Crippen molar-refractivity contribution in [1.82, 2.24) is 14.8 Å². The van der Waals surface area contributed by atoms with Crippen LogP contribution < -0.4 is 5.32 Å². The molecule has 4 aliphatic carbocycles. The Labute approximate surface area is 185 Å². The number of benzene rings is 1. The molecule has 1 heterocycles. The van der Waals surface area contributed by atoms with Crippen LogP contribution in [0.2, 0.25) is 0 Å². The largest absolute Gasteiger partial charge is 0.508 e. The fourth-order valence-corrected chi connectivity index (χ4v) is 7.04. The van der Waals surface area contributed by atoms with Gasteiger partial charge in [-0.2, -0.15) is 0 Å². The van der Waals surface area contributed by atoms with Crippen LogP contribution >= 0.6 is 15.9 Å². The van der Waals surface area contributed by atoms with E-state index in [2.05, 4.69) is 45.2 Å². The number of carbonyl (C=O) groups excluding carboxylic acids is 1. The number of phenolic OH excluding ortho intramolecular Hbond substituents is 1. The predicted molar refractivity (Wildman–Crippen MR) is 118 cm³/mol. The van der Waals surface area contributed by atoms with E-state index in [1.165, 1.54) is 6.42 Å². The minimum Gasteiger partial charge on any atom is -0.508 e. The fraction of sp³-hybridized carbons (Fsp3) is 0.609. The molecular formula is C23H29BrN4O2. The van der Waals surface area contributed by atoms with Crippen LogP contribution in [0, 0.1) is 24.2 Å². The molecule has 0 saturated heterocycles. The molecule has 4 bridgehead atoms. The third kappa shape index (κ3) is 3.08. The monoisotopic (exact) mass is 472 g/mol. The summed E-state index contributed by atoms with van der Waals surface area (Å²) in [5.41, 5.74) is 2.11. The zero-order chi connectivity index (χ0) is 21.3. The fourth-order valence-electron chi connectivity index (χ4n) is 6.78. The third-order valence-electron chi connectivity index (χ3n) is 7.71. The number of hydrogen-bond donors (Lipinski definition) is 2. The van der Waals surface area contributed by atoms with E-state index in [0.717, 1.165) is 48.9 Å². The lowest BCUT2D eigenvalue weighted by Gasteiger charge is -2.60. The Morgan fingerprint density at radius 3 is 2.57 bits per heavy atom. The molecule has 1 amide bonds. The molecular weight excluding hydrogens is 444 g/mol. The number of rotatable bonds is 4. The molecule has 1 aromatic carbocycles. The molecule has 4 fully saturated rings. The predicted octanol–water partition coefficient (Wildman–Crippen LogP) is 5.11. The zero-order valence-corrected chi connectivity index (χ0v) is 19.4. The lowest BCUT2D eigenvalue weighted by molar-refractivity contribution is -0.150. The average molecular weight is 473 g/mol. The van der Waals surface area contributed by atoms with Crippen molar-refractivity contribution in [3.05, 3.63) is 34.3 Å². The number of nitrogens with one attached hydrogen (secondary N) is 1. The standard InChI is InChI=1S/C23H29BrN4O2/c1-13(2)17-6-18(14(3)4-19(17)29)26-20(30)22-7-15-5-16(8-22)10-23(9-15,11-22)28-12-25-21(24)27-28/h4,6,12-13,15-16,29H,5,7-11H2,1-3H3,(H,26,30)/t15-,16-,22?,23?/m1/s1. The number of phenols is 1. The van der Waals surface area contributed by atoms with Crippen molar-refractivity contribution in [3.8, 4) is 5.75 Å². The summed E-state index contributed by atoms with van der Waals surface area (Å²) in [5, 5.41) is 18.1. The van der Waals surface area contributed by atoms with Crippen LogP contribution in [0.4, 0.5) is 5.69 Å². The summed E-state index contributed by atoms with van der Waals surface area (Å²) in [6.07, 6.45) is 7.96. The van der Waals surface area contributed by atoms with Crippen molar-refractivity contribution in [2.24, 2.45) is 17.3 Å². The van der Waals surface area contributed by atoms with E-state index in [9.17, 15) is 9.90 Å². The molecule has 0 unspecified atom stereocenters. The van der Waals surface area contributed by atoms with Crippen molar-refractivity contribution >= 4 is 27.5 Å². The maximum Gasteiger partial charge on any atom is 0.230 e. The van der Waals surface area contributed by atoms with Gasteiger partial charge in [0, 0.05) is 5.69 Å².